The lowest BCUT2D eigenvalue weighted by Crippen LogP contribution is -1.96. The molecule has 0 atom stereocenters. The van der Waals surface area contributed by atoms with Crippen molar-refractivity contribution in [3.63, 3.8) is 0 Å². The quantitative estimate of drug-likeness (QED) is 0.711. The molecule has 0 saturated heterocycles. The van der Waals surface area contributed by atoms with Crippen LogP contribution < -0.4 is 0 Å². The fourth-order valence-electron chi connectivity index (χ4n) is 1.66. The van der Waals surface area contributed by atoms with E-state index in [0.717, 1.165) is 5.56 Å². The first-order valence-corrected chi connectivity index (χ1v) is 5.23. The van der Waals surface area contributed by atoms with Gasteiger partial charge in [-0.1, -0.05) is 0 Å². The molecule has 0 aliphatic heterocycles. The molecule has 0 aliphatic carbocycles. The summed E-state index contributed by atoms with van der Waals surface area (Å²) >= 11 is 0. The molecule has 0 amide bonds. The van der Waals surface area contributed by atoms with Crippen LogP contribution in [0.15, 0.2) is 36.8 Å². The molecule has 0 unspecified atom stereocenters. The van der Waals surface area contributed by atoms with E-state index in [1.807, 2.05) is 6.07 Å². The lowest BCUT2D eigenvalue weighted by Gasteiger charge is -1.92. The highest BCUT2D eigenvalue weighted by Crippen LogP contribution is 2.18. The van der Waals surface area contributed by atoms with Crippen molar-refractivity contribution in [2.24, 2.45) is 0 Å². The number of carboxylic acids is 1. The van der Waals surface area contributed by atoms with E-state index in [4.69, 9.17) is 5.11 Å². The first-order valence-electron chi connectivity index (χ1n) is 5.23. The Bertz CT molecular complexity index is 721. The highest BCUT2D eigenvalue weighted by molar-refractivity contribution is 5.91. The average Bonchev–Trinajstić information content (AvgIpc) is 2.82. The van der Waals surface area contributed by atoms with Gasteiger partial charge >= 0.3 is 5.97 Å². The van der Waals surface area contributed by atoms with Gasteiger partial charge < -0.3 is 10.1 Å². The molecule has 6 heteroatoms. The highest BCUT2D eigenvalue weighted by Gasteiger charge is 2.09. The third-order valence-electron chi connectivity index (χ3n) is 2.52. The first-order chi connectivity index (χ1) is 8.74. The smallest absolute Gasteiger partial charge is 0.337 e. The number of hydrogen-bond donors (Lipinski definition) is 2. The molecule has 18 heavy (non-hydrogen) atoms. The van der Waals surface area contributed by atoms with E-state index in [1.165, 1.54) is 12.3 Å². The van der Waals surface area contributed by atoms with E-state index in [0.29, 0.717) is 17.0 Å². The molecule has 3 rings (SSSR count). The average molecular weight is 240 g/mol. The molecular weight excluding hydrogens is 232 g/mol. The van der Waals surface area contributed by atoms with Crippen LogP contribution in [0.25, 0.3) is 22.6 Å². The monoisotopic (exact) mass is 240 g/mol. The van der Waals surface area contributed by atoms with Crippen LogP contribution in [0.4, 0.5) is 0 Å². The number of H-pyrrole nitrogens is 1. The van der Waals surface area contributed by atoms with Crippen LogP contribution in [0.5, 0.6) is 0 Å². The summed E-state index contributed by atoms with van der Waals surface area (Å²) in [5.41, 5.74) is 2.03. The van der Waals surface area contributed by atoms with E-state index < -0.39 is 5.97 Å². The van der Waals surface area contributed by atoms with E-state index in [-0.39, 0.29) is 5.56 Å². The van der Waals surface area contributed by atoms with Crippen molar-refractivity contribution in [1.29, 1.82) is 0 Å². The summed E-state index contributed by atoms with van der Waals surface area (Å²) < 4.78 is 0. The standard InChI is InChI=1S/C12H8N4O2/c17-12(18)8-4-9-11(14-6-8)16-10(15-9)7-2-1-3-13-5-7/h1-6H,(H,17,18)(H,14,15,16). The Hall–Kier alpha value is -2.76. The number of rotatable bonds is 2. The molecule has 3 heterocycles. The Morgan fingerprint density at radius 3 is 2.94 bits per heavy atom. The minimum absolute atomic E-state index is 0.129. The largest absolute Gasteiger partial charge is 0.478 e. The van der Waals surface area contributed by atoms with Crippen LogP contribution in [0.3, 0.4) is 0 Å². The van der Waals surface area contributed by atoms with Gasteiger partial charge in [-0.25, -0.2) is 14.8 Å². The minimum Gasteiger partial charge on any atom is -0.478 e. The second-order valence-corrected chi connectivity index (χ2v) is 3.73. The van der Waals surface area contributed by atoms with Crippen molar-refractivity contribution in [2.45, 2.75) is 0 Å². The molecule has 0 radical (unpaired) electrons. The number of aromatic amines is 1. The third kappa shape index (κ3) is 1.69. The highest BCUT2D eigenvalue weighted by atomic mass is 16.4. The number of fused-ring (bicyclic) bond motifs is 1. The van der Waals surface area contributed by atoms with Crippen molar-refractivity contribution in [1.82, 2.24) is 19.9 Å². The molecule has 88 valence electrons. The van der Waals surface area contributed by atoms with Crippen LogP contribution in [0.1, 0.15) is 10.4 Å². The summed E-state index contributed by atoms with van der Waals surface area (Å²) in [6.45, 7) is 0. The van der Waals surface area contributed by atoms with Gasteiger partial charge in [0.2, 0.25) is 0 Å². The van der Waals surface area contributed by atoms with Gasteiger partial charge in [0.15, 0.2) is 5.65 Å². The number of carbonyl (C=O) groups is 1. The van der Waals surface area contributed by atoms with E-state index in [9.17, 15) is 4.79 Å². The molecule has 0 saturated carbocycles. The van der Waals surface area contributed by atoms with Crippen molar-refractivity contribution >= 4 is 17.1 Å². The molecule has 0 spiro atoms. The van der Waals surface area contributed by atoms with Crippen LogP contribution in [-0.2, 0) is 0 Å². The summed E-state index contributed by atoms with van der Waals surface area (Å²) in [5.74, 6) is -0.393. The lowest BCUT2D eigenvalue weighted by atomic mass is 10.3. The molecule has 3 aromatic heterocycles. The number of aromatic nitrogens is 4. The summed E-state index contributed by atoms with van der Waals surface area (Å²) in [4.78, 5) is 26.2. The Labute approximate surface area is 101 Å². The fraction of sp³-hybridized carbons (Fsp3) is 0. The van der Waals surface area contributed by atoms with Gasteiger partial charge in [-0.2, -0.15) is 0 Å². The van der Waals surface area contributed by atoms with Crippen LogP contribution >= 0.6 is 0 Å². The molecule has 0 aliphatic rings. The summed E-state index contributed by atoms with van der Waals surface area (Å²) in [7, 11) is 0. The van der Waals surface area contributed by atoms with E-state index in [1.54, 1.807) is 18.5 Å². The van der Waals surface area contributed by atoms with Crippen molar-refractivity contribution in [2.75, 3.05) is 0 Å². The van der Waals surface area contributed by atoms with Gasteiger partial charge in [0.25, 0.3) is 0 Å². The summed E-state index contributed by atoms with van der Waals surface area (Å²) in [6.07, 6.45) is 4.64. The summed E-state index contributed by atoms with van der Waals surface area (Å²) in [5, 5.41) is 8.88. The zero-order chi connectivity index (χ0) is 12.5. The maximum Gasteiger partial charge on any atom is 0.337 e. The number of pyridine rings is 2. The second kappa shape index (κ2) is 3.92. The maximum absolute atomic E-state index is 10.8. The molecule has 0 aromatic carbocycles. The summed E-state index contributed by atoms with van der Waals surface area (Å²) in [6, 6.07) is 5.18. The van der Waals surface area contributed by atoms with Gasteiger partial charge in [0.1, 0.15) is 5.82 Å². The SMILES string of the molecule is O=C(O)c1cnc2nc(-c3cccnc3)[nH]c2c1. The minimum atomic E-state index is -1.01. The van der Waals surface area contributed by atoms with E-state index in [2.05, 4.69) is 19.9 Å². The van der Waals surface area contributed by atoms with Crippen molar-refractivity contribution in [3.05, 3.63) is 42.4 Å². The zero-order valence-electron chi connectivity index (χ0n) is 9.16. The molecule has 3 aromatic rings. The molecular formula is C12H8N4O2. The Morgan fingerprint density at radius 2 is 2.22 bits per heavy atom. The Kier molecular flexibility index (Phi) is 2.26. The lowest BCUT2D eigenvalue weighted by molar-refractivity contribution is 0.0696. The van der Waals surface area contributed by atoms with Crippen LogP contribution in [-0.4, -0.2) is 31.0 Å². The molecule has 2 N–H and O–H groups in total. The topological polar surface area (TPSA) is 91.8 Å². The van der Waals surface area contributed by atoms with Gasteiger partial charge in [-0.3, -0.25) is 4.98 Å². The zero-order valence-corrected chi connectivity index (χ0v) is 9.16. The number of aromatic carboxylic acids is 1. The van der Waals surface area contributed by atoms with Crippen LogP contribution in [0, 0.1) is 0 Å². The number of nitrogens with zero attached hydrogens (tertiary/aromatic N) is 3. The number of imidazole rings is 1. The van der Waals surface area contributed by atoms with Gasteiger partial charge in [0.05, 0.1) is 11.1 Å². The molecule has 0 bridgehead atoms. The normalized spacial score (nSPS) is 10.7. The predicted octanol–water partition coefficient (Wildman–Crippen LogP) is 1.72. The first kappa shape index (κ1) is 10.4. The van der Waals surface area contributed by atoms with Gasteiger partial charge in [-0.15, -0.1) is 0 Å². The van der Waals surface area contributed by atoms with Crippen LogP contribution in [0.2, 0.25) is 0 Å². The maximum atomic E-state index is 10.8. The number of hydrogen-bond acceptors (Lipinski definition) is 4. The number of nitrogens with one attached hydrogen (secondary N) is 1. The Balaban J connectivity index is 2.14. The van der Waals surface area contributed by atoms with E-state index >= 15 is 0 Å². The van der Waals surface area contributed by atoms with Crippen molar-refractivity contribution in [3.8, 4) is 11.4 Å². The molecule has 0 fully saturated rings. The number of carboxylic acid groups (broad SMARTS) is 1. The fourth-order valence-corrected chi connectivity index (χ4v) is 1.66. The van der Waals surface area contributed by atoms with Gasteiger partial charge in [-0.05, 0) is 18.2 Å². The molecule has 6 nitrogen and oxygen atoms in total. The predicted molar refractivity (Wildman–Crippen MR) is 64.1 cm³/mol. The van der Waals surface area contributed by atoms with Crippen molar-refractivity contribution < 1.29 is 9.90 Å². The second-order valence-electron chi connectivity index (χ2n) is 3.73. The Morgan fingerprint density at radius 1 is 1.33 bits per heavy atom. The van der Waals surface area contributed by atoms with Gasteiger partial charge in [0, 0.05) is 24.2 Å². The third-order valence-corrected chi connectivity index (χ3v) is 2.52.